The van der Waals surface area contributed by atoms with Crippen LogP contribution in [0.2, 0.25) is 0 Å². The Labute approximate surface area is 136 Å². The molecule has 0 radical (unpaired) electrons. The highest BCUT2D eigenvalue weighted by atomic mass is 19.4. The van der Waals surface area contributed by atoms with E-state index in [0.29, 0.717) is 17.0 Å². The van der Waals surface area contributed by atoms with Crippen molar-refractivity contribution in [2.24, 2.45) is 0 Å². The Morgan fingerprint density at radius 2 is 1.92 bits per heavy atom. The van der Waals surface area contributed by atoms with Crippen LogP contribution in [0.15, 0.2) is 36.9 Å². The lowest BCUT2D eigenvalue weighted by atomic mass is 10.1. The number of aromatic nitrogens is 2. The van der Waals surface area contributed by atoms with Crippen molar-refractivity contribution in [2.45, 2.75) is 20.2 Å². The van der Waals surface area contributed by atoms with Crippen molar-refractivity contribution in [3.8, 4) is 17.0 Å². The SMILES string of the molecule is C=C(C)n1nc(-c2ccc(OC(F)(F)F)cc2)cc1C(=O)OCC. The number of carbonyl (C=O) groups is 1. The van der Waals surface area contributed by atoms with Gasteiger partial charge in [-0.3, -0.25) is 0 Å². The second-order valence-corrected chi connectivity index (χ2v) is 4.85. The highest BCUT2D eigenvalue weighted by molar-refractivity contribution is 5.90. The molecule has 2 aromatic rings. The van der Waals surface area contributed by atoms with E-state index in [0.717, 1.165) is 0 Å². The van der Waals surface area contributed by atoms with Crippen LogP contribution >= 0.6 is 0 Å². The van der Waals surface area contributed by atoms with Gasteiger partial charge < -0.3 is 9.47 Å². The third-order valence-corrected chi connectivity index (χ3v) is 2.94. The highest BCUT2D eigenvalue weighted by Crippen LogP contribution is 2.27. The number of hydrogen-bond donors (Lipinski definition) is 0. The quantitative estimate of drug-likeness (QED) is 0.769. The van der Waals surface area contributed by atoms with E-state index in [9.17, 15) is 18.0 Å². The van der Waals surface area contributed by atoms with E-state index in [2.05, 4.69) is 16.4 Å². The first-order valence-corrected chi connectivity index (χ1v) is 7.00. The van der Waals surface area contributed by atoms with Crippen LogP contribution in [0.1, 0.15) is 24.3 Å². The van der Waals surface area contributed by atoms with Gasteiger partial charge in [0.2, 0.25) is 0 Å². The predicted molar refractivity (Wildman–Crippen MR) is 81.3 cm³/mol. The molecule has 8 heteroatoms. The zero-order valence-corrected chi connectivity index (χ0v) is 13.1. The normalized spacial score (nSPS) is 11.2. The number of esters is 1. The second kappa shape index (κ2) is 6.77. The lowest BCUT2D eigenvalue weighted by Gasteiger charge is -2.08. The van der Waals surface area contributed by atoms with Gasteiger partial charge in [-0.1, -0.05) is 6.58 Å². The molecular formula is C16H15F3N2O3. The molecule has 24 heavy (non-hydrogen) atoms. The first-order chi connectivity index (χ1) is 11.2. The maximum atomic E-state index is 12.2. The van der Waals surface area contributed by atoms with Gasteiger partial charge in [-0.2, -0.15) is 5.10 Å². The molecule has 0 amide bonds. The molecule has 0 aliphatic heterocycles. The van der Waals surface area contributed by atoms with E-state index in [1.807, 2.05) is 0 Å². The zero-order chi connectivity index (χ0) is 17.9. The van der Waals surface area contributed by atoms with Crippen molar-refractivity contribution in [3.63, 3.8) is 0 Å². The molecule has 0 bridgehead atoms. The van der Waals surface area contributed by atoms with Crippen molar-refractivity contribution >= 4 is 11.7 Å². The van der Waals surface area contributed by atoms with Gasteiger partial charge in [-0.05, 0) is 44.2 Å². The van der Waals surface area contributed by atoms with Crippen molar-refractivity contribution < 1.29 is 27.4 Å². The Morgan fingerprint density at radius 1 is 1.29 bits per heavy atom. The van der Waals surface area contributed by atoms with E-state index in [1.165, 1.54) is 35.0 Å². The fraction of sp³-hybridized carbons (Fsp3) is 0.250. The molecule has 0 fully saturated rings. The third-order valence-electron chi connectivity index (χ3n) is 2.94. The molecule has 2 rings (SSSR count). The van der Waals surface area contributed by atoms with Gasteiger partial charge in [0.1, 0.15) is 5.75 Å². The molecule has 0 unspecified atom stereocenters. The molecule has 1 aromatic carbocycles. The summed E-state index contributed by atoms with van der Waals surface area (Å²) in [6, 6.07) is 6.67. The largest absolute Gasteiger partial charge is 0.573 e. The average Bonchev–Trinajstić information content (AvgIpc) is 2.92. The van der Waals surface area contributed by atoms with Crippen LogP contribution in [0.3, 0.4) is 0 Å². The van der Waals surface area contributed by atoms with Gasteiger partial charge in [0.05, 0.1) is 12.3 Å². The van der Waals surface area contributed by atoms with Crippen LogP contribution in [0.25, 0.3) is 17.0 Å². The summed E-state index contributed by atoms with van der Waals surface area (Å²) >= 11 is 0. The predicted octanol–water partition coefficient (Wildman–Crippen LogP) is 4.12. The Balaban J connectivity index is 2.33. The number of benzene rings is 1. The van der Waals surface area contributed by atoms with E-state index in [4.69, 9.17) is 4.74 Å². The lowest BCUT2D eigenvalue weighted by molar-refractivity contribution is -0.274. The van der Waals surface area contributed by atoms with Crippen LogP contribution in [0.4, 0.5) is 13.2 Å². The van der Waals surface area contributed by atoms with Gasteiger partial charge in [0.25, 0.3) is 0 Å². The zero-order valence-electron chi connectivity index (χ0n) is 13.1. The number of ether oxygens (including phenoxy) is 2. The fourth-order valence-corrected chi connectivity index (χ4v) is 1.99. The number of carbonyl (C=O) groups excluding carboxylic acids is 1. The van der Waals surface area contributed by atoms with E-state index < -0.39 is 12.3 Å². The number of halogens is 3. The first-order valence-electron chi connectivity index (χ1n) is 7.00. The summed E-state index contributed by atoms with van der Waals surface area (Å²) in [6.07, 6.45) is -4.75. The summed E-state index contributed by atoms with van der Waals surface area (Å²) in [5, 5.41) is 4.24. The average molecular weight is 340 g/mol. The number of hydrogen-bond acceptors (Lipinski definition) is 4. The Hall–Kier alpha value is -2.77. The highest BCUT2D eigenvalue weighted by Gasteiger charge is 2.31. The van der Waals surface area contributed by atoms with Gasteiger partial charge in [0, 0.05) is 11.3 Å². The van der Waals surface area contributed by atoms with E-state index in [-0.39, 0.29) is 18.1 Å². The topological polar surface area (TPSA) is 53.4 Å². The molecule has 0 N–H and O–H groups in total. The standard InChI is InChI=1S/C16H15F3N2O3/c1-4-23-15(22)14-9-13(20-21(14)10(2)3)11-5-7-12(8-6-11)24-16(17,18)19/h5-9H,2,4H2,1,3H3. The lowest BCUT2D eigenvalue weighted by Crippen LogP contribution is -2.16. The summed E-state index contributed by atoms with van der Waals surface area (Å²) in [6.45, 7) is 7.29. The number of alkyl halides is 3. The Kier molecular flexibility index (Phi) is 4.96. The molecule has 1 heterocycles. The van der Waals surface area contributed by atoms with Gasteiger partial charge in [-0.25, -0.2) is 9.48 Å². The molecule has 128 valence electrons. The maximum absolute atomic E-state index is 12.2. The van der Waals surface area contributed by atoms with Crippen LogP contribution < -0.4 is 4.74 Å². The van der Waals surface area contributed by atoms with Crippen molar-refractivity contribution in [2.75, 3.05) is 6.61 Å². The Bertz CT molecular complexity index is 749. The molecule has 1 aromatic heterocycles. The molecule has 0 spiro atoms. The van der Waals surface area contributed by atoms with E-state index in [1.54, 1.807) is 13.8 Å². The summed E-state index contributed by atoms with van der Waals surface area (Å²) in [4.78, 5) is 12.0. The van der Waals surface area contributed by atoms with E-state index >= 15 is 0 Å². The van der Waals surface area contributed by atoms with Crippen LogP contribution in [-0.2, 0) is 4.74 Å². The molecule has 5 nitrogen and oxygen atoms in total. The monoisotopic (exact) mass is 340 g/mol. The minimum absolute atomic E-state index is 0.190. The molecule has 0 saturated carbocycles. The fourth-order valence-electron chi connectivity index (χ4n) is 1.99. The number of nitrogens with zero attached hydrogens (tertiary/aromatic N) is 2. The molecular weight excluding hydrogens is 325 g/mol. The Morgan fingerprint density at radius 3 is 2.42 bits per heavy atom. The van der Waals surface area contributed by atoms with Gasteiger partial charge in [-0.15, -0.1) is 13.2 Å². The van der Waals surface area contributed by atoms with Crippen molar-refractivity contribution in [1.29, 1.82) is 0 Å². The first kappa shape index (κ1) is 17.6. The van der Waals surface area contributed by atoms with Gasteiger partial charge in [0.15, 0.2) is 5.69 Å². The molecule has 0 atom stereocenters. The molecule has 0 aliphatic rings. The van der Waals surface area contributed by atoms with Crippen LogP contribution in [-0.4, -0.2) is 28.7 Å². The minimum atomic E-state index is -4.75. The summed E-state index contributed by atoms with van der Waals surface area (Å²) < 4.78 is 46.6. The second-order valence-electron chi connectivity index (χ2n) is 4.85. The molecule has 0 saturated heterocycles. The molecule has 0 aliphatic carbocycles. The van der Waals surface area contributed by atoms with Crippen LogP contribution in [0, 0.1) is 0 Å². The maximum Gasteiger partial charge on any atom is 0.573 e. The van der Waals surface area contributed by atoms with Crippen molar-refractivity contribution in [1.82, 2.24) is 9.78 Å². The van der Waals surface area contributed by atoms with Crippen LogP contribution in [0.5, 0.6) is 5.75 Å². The van der Waals surface area contributed by atoms with Gasteiger partial charge >= 0.3 is 12.3 Å². The summed E-state index contributed by atoms with van der Waals surface area (Å²) in [5.41, 5.74) is 1.62. The minimum Gasteiger partial charge on any atom is -0.461 e. The number of rotatable bonds is 5. The number of allylic oxidation sites excluding steroid dienone is 1. The summed E-state index contributed by atoms with van der Waals surface area (Å²) in [7, 11) is 0. The third kappa shape index (κ3) is 4.15. The smallest absolute Gasteiger partial charge is 0.461 e. The summed E-state index contributed by atoms with van der Waals surface area (Å²) in [5.74, 6) is -0.896. The van der Waals surface area contributed by atoms with Crippen molar-refractivity contribution in [3.05, 3.63) is 42.6 Å².